The Hall–Kier alpha value is -0.610. The number of carbonyl (C=O) groups is 1. The zero-order valence-corrected chi connectivity index (χ0v) is 13.6. The lowest BCUT2D eigenvalue weighted by Gasteiger charge is -2.22. The van der Waals surface area contributed by atoms with Crippen molar-refractivity contribution < 1.29 is 4.79 Å². The van der Waals surface area contributed by atoms with Crippen LogP contribution in [0.3, 0.4) is 0 Å². The number of likely N-dealkylation sites (N-methyl/N-ethyl adjacent to an activating group) is 1. The highest BCUT2D eigenvalue weighted by molar-refractivity contribution is 6.42. The molecule has 1 fully saturated rings. The highest BCUT2D eigenvalue weighted by Gasteiger charge is 2.31. The maximum atomic E-state index is 12.3. The van der Waals surface area contributed by atoms with E-state index in [4.69, 9.17) is 23.2 Å². The molecule has 0 spiro atoms. The van der Waals surface area contributed by atoms with Crippen LogP contribution in [0, 0.1) is 5.92 Å². The van der Waals surface area contributed by atoms with Crippen LogP contribution in [0.5, 0.6) is 0 Å². The van der Waals surface area contributed by atoms with Gasteiger partial charge >= 0.3 is 0 Å². The van der Waals surface area contributed by atoms with Crippen LogP contribution in [0.4, 0.5) is 0 Å². The summed E-state index contributed by atoms with van der Waals surface area (Å²) in [6.45, 7) is 4.55. The molecule has 20 heavy (non-hydrogen) atoms. The van der Waals surface area contributed by atoms with E-state index in [-0.39, 0.29) is 5.78 Å². The van der Waals surface area contributed by atoms with Crippen molar-refractivity contribution >= 4 is 29.0 Å². The Labute approximate surface area is 130 Å². The van der Waals surface area contributed by atoms with Crippen LogP contribution < -0.4 is 0 Å². The van der Waals surface area contributed by atoms with Crippen LogP contribution in [-0.4, -0.2) is 55.4 Å². The normalized spacial score (nSPS) is 23.5. The molecule has 0 N–H and O–H groups in total. The first kappa shape index (κ1) is 15.8. The van der Waals surface area contributed by atoms with E-state index < -0.39 is 0 Å². The van der Waals surface area contributed by atoms with Crippen molar-refractivity contribution in [1.82, 2.24) is 9.80 Å². The fourth-order valence-corrected chi connectivity index (χ4v) is 3.11. The Morgan fingerprint density at radius 3 is 2.55 bits per heavy atom. The highest BCUT2D eigenvalue weighted by Crippen LogP contribution is 2.24. The number of ketones is 1. The van der Waals surface area contributed by atoms with Crippen molar-refractivity contribution in [2.24, 2.45) is 5.92 Å². The molecule has 0 radical (unpaired) electrons. The summed E-state index contributed by atoms with van der Waals surface area (Å²) >= 11 is 11.8. The van der Waals surface area contributed by atoms with Crippen LogP contribution in [-0.2, 0) is 0 Å². The largest absolute Gasteiger partial charge is 0.305 e. The molecule has 2 atom stereocenters. The van der Waals surface area contributed by atoms with Gasteiger partial charge in [0, 0.05) is 24.7 Å². The smallest absolute Gasteiger partial charge is 0.176 e. The van der Waals surface area contributed by atoms with Gasteiger partial charge in [-0.15, -0.1) is 0 Å². The number of Topliss-reactive ketones (excluding diaryl/α,β-unsaturated/α-hetero) is 1. The van der Waals surface area contributed by atoms with Gasteiger partial charge in [-0.2, -0.15) is 0 Å². The number of hydrogen-bond acceptors (Lipinski definition) is 3. The van der Waals surface area contributed by atoms with Crippen LogP contribution >= 0.6 is 23.2 Å². The first-order chi connectivity index (χ1) is 9.38. The third kappa shape index (κ3) is 3.53. The van der Waals surface area contributed by atoms with Gasteiger partial charge in [0.25, 0.3) is 0 Å². The lowest BCUT2D eigenvalue weighted by atomic mass is 10.1. The van der Waals surface area contributed by atoms with E-state index in [1.807, 2.05) is 0 Å². The molecule has 5 heteroatoms. The van der Waals surface area contributed by atoms with E-state index in [2.05, 4.69) is 30.8 Å². The minimum Gasteiger partial charge on any atom is -0.305 e. The zero-order valence-electron chi connectivity index (χ0n) is 12.1. The summed E-state index contributed by atoms with van der Waals surface area (Å²) in [5.41, 5.74) is 0.625. The van der Waals surface area contributed by atoms with Gasteiger partial charge in [0.1, 0.15) is 0 Å². The molecule has 0 saturated carbocycles. The molecule has 1 aliphatic heterocycles. The monoisotopic (exact) mass is 314 g/mol. The number of halogens is 2. The minimum atomic E-state index is 0.0928. The number of carbonyl (C=O) groups excluding carboxylic acids is 1. The Kier molecular flexibility index (Phi) is 5.08. The van der Waals surface area contributed by atoms with Gasteiger partial charge in [-0.3, -0.25) is 9.69 Å². The Morgan fingerprint density at radius 2 is 2.00 bits per heavy atom. The Bertz CT molecular complexity index is 505. The van der Waals surface area contributed by atoms with E-state index in [9.17, 15) is 4.79 Å². The average Bonchev–Trinajstić information content (AvgIpc) is 2.73. The third-order valence-electron chi connectivity index (χ3n) is 3.92. The SMILES string of the molecule is CC1CN(CC(=O)c2ccc(Cl)c(Cl)c2)CC1N(C)C. The summed E-state index contributed by atoms with van der Waals surface area (Å²) in [6.07, 6.45) is 0. The standard InChI is InChI=1S/C15H20Cl2N2O/c1-10-7-19(8-14(10)18(2)3)9-15(20)11-4-5-12(16)13(17)6-11/h4-6,10,14H,7-9H2,1-3H3. The quantitative estimate of drug-likeness (QED) is 0.798. The molecule has 3 nitrogen and oxygen atoms in total. The topological polar surface area (TPSA) is 23.6 Å². The lowest BCUT2D eigenvalue weighted by Crippen LogP contribution is -2.35. The number of rotatable bonds is 4. The first-order valence-corrected chi connectivity index (χ1v) is 7.51. The molecule has 1 aromatic rings. The molecule has 1 aromatic carbocycles. The first-order valence-electron chi connectivity index (χ1n) is 6.75. The van der Waals surface area contributed by atoms with Crippen LogP contribution in [0.2, 0.25) is 10.0 Å². The molecule has 1 heterocycles. The molecule has 1 aliphatic rings. The summed E-state index contributed by atoms with van der Waals surface area (Å²) in [4.78, 5) is 16.7. The maximum Gasteiger partial charge on any atom is 0.176 e. The van der Waals surface area contributed by atoms with Gasteiger partial charge in [-0.05, 0) is 38.2 Å². The molecule has 1 saturated heterocycles. The highest BCUT2D eigenvalue weighted by atomic mass is 35.5. The molecule has 0 aliphatic carbocycles. The van der Waals surface area contributed by atoms with E-state index in [1.165, 1.54) is 0 Å². The second-order valence-electron chi connectivity index (χ2n) is 5.75. The van der Waals surface area contributed by atoms with Gasteiger partial charge in [-0.25, -0.2) is 0 Å². The molecule has 0 aromatic heterocycles. The lowest BCUT2D eigenvalue weighted by molar-refractivity contribution is 0.0941. The van der Waals surface area contributed by atoms with Crippen molar-refractivity contribution in [3.63, 3.8) is 0 Å². The molecule has 2 rings (SSSR count). The van der Waals surface area contributed by atoms with Crippen molar-refractivity contribution in [3.05, 3.63) is 33.8 Å². The summed E-state index contributed by atoms with van der Waals surface area (Å²) in [5.74, 6) is 0.668. The van der Waals surface area contributed by atoms with Gasteiger partial charge < -0.3 is 4.90 Å². The van der Waals surface area contributed by atoms with Crippen LogP contribution in [0.1, 0.15) is 17.3 Å². The summed E-state index contributed by atoms with van der Waals surface area (Å²) in [6, 6.07) is 5.57. The van der Waals surface area contributed by atoms with Crippen LogP contribution in [0.25, 0.3) is 0 Å². The van der Waals surface area contributed by atoms with Crippen molar-refractivity contribution in [1.29, 1.82) is 0 Å². The Morgan fingerprint density at radius 1 is 1.30 bits per heavy atom. The van der Waals surface area contributed by atoms with Crippen molar-refractivity contribution in [2.45, 2.75) is 13.0 Å². The molecule has 2 unspecified atom stereocenters. The minimum absolute atomic E-state index is 0.0928. The van der Waals surface area contributed by atoms with Gasteiger partial charge in [0.15, 0.2) is 5.78 Å². The molecular formula is C15H20Cl2N2O. The van der Waals surface area contributed by atoms with Gasteiger partial charge in [0.2, 0.25) is 0 Å². The van der Waals surface area contributed by atoms with E-state index in [0.29, 0.717) is 34.1 Å². The van der Waals surface area contributed by atoms with Gasteiger partial charge in [-0.1, -0.05) is 30.1 Å². The third-order valence-corrected chi connectivity index (χ3v) is 4.66. The number of nitrogens with zero attached hydrogens (tertiary/aromatic N) is 2. The number of benzene rings is 1. The number of likely N-dealkylation sites (tertiary alicyclic amines) is 1. The fraction of sp³-hybridized carbons (Fsp3) is 0.533. The number of hydrogen-bond donors (Lipinski definition) is 0. The van der Waals surface area contributed by atoms with Gasteiger partial charge in [0.05, 0.1) is 16.6 Å². The summed E-state index contributed by atoms with van der Waals surface area (Å²) in [5, 5.41) is 0.907. The fourth-order valence-electron chi connectivity index (χ4n) is 2.81. The van der Waals surface area contributed by atoms with E-state index in [0.717, 1.165) is 13.1 Å². The molecule has 0 bridgehead atoms. The van der Waals surface area contributed by atoms with Crippen molar-refractivity contribution in [3.8, 4) is 0 Å². The molecular weight excluding hydrogens is 295 g/mol. The summed E-state index contributed by atoms with van der Waals surface area (Å²) < 4.78 is 0. The maximum absolute atomic E-state index is 12.3. The second-order valence-corrected chi connectivity index (χ2v) is 6.57. The Balaban J connectivity index is 2.00. The molecule has 0 amide bonds. The predicted octanol–water partition coefficient (Wildman–Crippen LogP) is 3.06. The predicted molar refractivity (Wildman–Crippen MR) is 83.9 cm³/mol. The zero-order chi connectivity index (χ0) is 14.9. The van der Waals surface area contributed by atoms with E-state index >= 15 is 0 Å². The van der Waals surface area contributed by atoms with E-state index in [1.54, 1.807) is 18.2 Å². The van der Waals surface area contributed by atoms with Crippen molar-refractivity contribution in [2.75, 3.05) is 33.7 Å². The average molecular weight is 315 g/mol. The van der Waals surface area contributed by atoms with Crippen LogP contribution in [0.15, 0.2) is 18.2 Å². The summed E-state index contributed by atoms with van der Waals surface area (Å²) in [7, 11) is 4.18. The second kappa shape index (κ2) is 6.44. The molecule has 110 valence electrons.